The molecule has 0 spiro atoms. The summed E-state index contributed by atoms with van der Waals surface area (Å²) in [5.41, 5.74) is 4.00. The summed E-state index contributed by atoms with van der Waals surface area (Å²) in [6.07, 6.45) is 8.46. The lowest BCUT2D eigenvalue weighted by Gasteiger charge is -2.15. The average molecular weight is 259 g/mol. The maximum Gasteiger partial charge on any atom is 0.106 e. The minimum atomic E-state index is 0.867. The first kappa shape index (κ1) is 12.5. The van der Waals surface area contributed by atoms with Gasteiger partial charge in [-0.15, -0.1) is 0 Å². The Kier molecular flexibility index (Phi) is 3.69. The van der Waals surface area contributed by atoms with Crippen LogP contribution >= 0.6 is 0 Å². The van der Waals surface area contributed by atoms with E-state index >= 15 is 0 Å². The van der Waals surface area contributed by atoms with E-state index in [4.69, 9.17) is 9.40 Å². The Balaban J connectivity index is 1.56. The number of imidazole rings is 1. The fraction of sp³-hybridized carbons (Fsp3) is 0.533. The van der Waals surface area contributed by atoms with Gasteiger partial charge in [0.05, 0.1) is 18.2 Å². The molecule has 19 heavy (non-hydrogen) atoms. The highest BCUT2D eigenvalue weighted by Gasteiger charge is 2.17. The number of aryl methyl sites for hydroxylation is 2. The molecule has 0 radical (unpaired) electrons. The first-order chi connectivity index (χ1) is 9.34. The highest BCUT2D eigenvalue weighted by molar-refractivity contribution is 5.19. The van der Waals surface area contributed by atoms with E-state index < -0.39 is 0 Å². The Hall–Kier alpha value is -1.55. The standard InChI is InChI=1S/C15H21N3O/c1-12-17-14-4-2-3-5-15(14)18(12)8-7-16-10-13-6-9-19-11-13/h6,9,11,16H,2-5,7-8,10H2,1H3. The van der Waals surface area contributed by atoms with Crippen LogP contribution in [0.3, 0.4) is 0 Å². The van der Waals surface area contributed by atoms with Gasteiger partial charge in [-0.1, -0.05) is 0 Å². The summed E-state index contributed by atoms with van der Waals surface area (Å²) < 4.78 is 7.44. The van der Waals surface area contributed by atoms with Crippen molar-refractivity contribution >= 4 is 0 Å². The summed E-state index contributed by atoms with van der Waals surface area (Å²) in [4.78, 5) is 4.70. The van der Waals surface area contributed by atoms with Crippen LogP contribution in [0.1, 0.15) is 35.6 Å². The van der Waals surface area contributed by atoms with E-state index in [1.165, 1.54) is 36.2 Å². The molecule has 3 rings (SSSR count). The predicted molar refractivity (Wildman–Crippen MR) is 74.0 cm³/mol. The van der Waals surface area contributed by atoms with Gasteiger partial charge in [0.2, 0.25) is 0 Å². The van der Waals surface area contributed by atoms with E-state index in [2.05, 4.69) is 16.8 Å². The summed E-state index contributed by atoms with van der Waals surface area (Å²) >= 11 is 0. The number of fused-ring (bicyclic) bond motifs is 1. The summed E-state index contributed by atoms with van der Waals surface area (Å²) in [7, 11) is 0. The quantitative estimate of drug-likeness (QED) is 0.839. The van der Waals surface area contributed by atoms with E-state index in [0.29, 0.717) is 0 Å². The molecule has 0 aliphatic heterocycles. The Labute approximate surface area is 113 Å². The van der Waals surface area contributed by atoms with E-state index in [9.17, 15) is 0 Å². The van der Waals surface area contributed by atoms with Crippen LogP contribution in [-0.2, 0) is 25.9 Å². The molecule has 0 saturated carbocycles. The van der Waals surface area contributed by atoms with Gasteiger partial charge in [-0.2, -0.15) is 0 Å². The number of aromatic nitrogens is 2. The lowest BCUT2D eigenvalue weighted by Crippen LogP contribution is -2.21. The Bertz CT molecular complexity index is 528. The van der Waals surface area contributed by atoms with Crippen LogP contribution in [0.2, 0.25) is 0 Å². The number of furan rings is 1. The Morgan fingerprint density at radius 1 is 1.37 bits per heavy atom. The highest BCUT2D eigenvalue weighted by Crippen LogP contribution is 2.21. The fourth-order valence-electron chi connectivity index (χ4n) is 2.85. The first-order valence-corrected chi connectivity index (χ1v) is 7.11. The molecule has 0 saturated heterocycles. The third-order valence-corrected chi connectivity index (χ3v) is 3.84. The summed E-state index contributed by atoms with van der Waals surface area (Å²) in [5, 5.41) is 3.45. The fourth-order valence-corrected chi connectivity index (χ4v) is 2.85. The zero-order valence-electron chi connectivity index (χ0n) is 11.5. The van der Waals surface area contributed by atoms with Crippen LogP contribution in [0.5, 0.6) is 0 Å². The van der Waals surface area contributed by atoms with Crippen molar-refractivity contribution < 1.29 is 4.42 Å². The van der Waals surface area contributed by atoms with Crippen molar-refractivity contribution in [3.8, 4) is 0 Å². The van der Waals surface area contributed by atoms with Crippen molar-refractivity contribution in [1.29, 1.82) is 0 Å². The number of hydrogen-bond donors (Lipinski definition) is 1. The molecule has 0 aromatic carbocycles. The molecular formula is C15H21N3O. The van der Waals surface area contributed by atoms with Crippen molar-refractivity contribution in [3.05, 3.63) is 41.4 Å². The van der Waals surface area contributed by atoms with Crippen LogP contribution < -0.4 is 5.32 Å². The number of nitrogens with one attached hydrogen (secondary N) is 1. The van der Waals surface area contributed by atoms with Gasteiger partial charge in [0.15, 0.2) is 0 Å². The lowest BCUT2D eigenvalue weighted by molar-refractivity contribution is 0.544. The molecule has 102 valence electrons. The molecule has 1 aliphatic carbocycles. The maximum absolute atomic E-state index is 5.06. The normalized spacial score (nSPS) is 14.6. The third kappa shape index (κ3) is 2.73. The monoisotopic (exact) mass is 259 g/mol. The Morgan fingerprint density at radius 3 is 3.11 bits per heavy atom. The number of hydrogen-bond acceptors (Lipinski definition) is 3. The van der Waals surface area contributed by atoms with Crippen molar-refractivity contribution in [1.82, 2.24) is 14.9 Å². The SMILES string of the molecule is Cc1nc2c(n1CCNCc1ccoc1)CCCC2. The van der Waals surface area contributed by atoms with Crippen LogP contribution in [0.4, 0.5) is 0 Å². The van der Waals surface area contributed by atoms with E-state index in [1.54, 1.807) is 12.5 Å². The van der Waals surface area contributed by atoms with Gasteiger partial charge in [0.25, 0.3) is 0 Å². The molecule has 2 heterocycles. The van der Waals surface area contributed by atoms with Crippen molar-refractivity contribution in [2.75, 3.05) is 6.54 Å². The van der Waals surface area contributed by atoms with Crippen LogP contribution in [0.15, 0.2) is 23.0 Å². The molecular weight excluding hydrogens is 238 g/mol. The third-order valence-electron chi connectivity index (χ3n) is 3.84. The second kappa shape index (κ2) is 5.61. The molecule has 4 heteroatoms. The minimum Gasteiger partial charge on any atom is -0.472 e. The zero-order chi connectivity index (χ0) is 13.1. The summed E-state index contributed by atoms with van der Waals surface area (Å²) in [6.45, 7) is 4.96. The summed E-state index contributed by atoms with van der Waals surface area (Å²) in [6, 6.07) is 2.00. The first-order valence-electron chi connectivity index (χ1n) is 7.11. The number of nitrogens with zero attached hydrogens (tertiary/aromatic N) is 2. The van der Waals surface area contributed by atoms with Crippen LogP contribution in [0, 0.1) is 6.92 Å². The van der Waals surface area contributed by atoms with Gasteiger partial charge in [0.1, 0.15) is 5.82 Å². The van der Waals surface area contributed by atoms with E-state index in [0.717, 1.165) is 31.9 Å². The van der Waals surface area contributed by atoms with Gasteiger partial charge >= 0.3 is 0 Å². The van der Waals surface area contributed by atoms with Gasteiger partial charge in [-0.25, -0.2) is 4.98 Å². The van der Waals surface area contributed by atoms with Gasteiger partial charge in [0, 0.05) is 30.9 Å². The topological polar surface area (TPSA) is 43.0 Å². The zero-order valence-corrected chi connectivity index (χ0v) is 11.5. The molecule has 2 aromatic heterocycles. The molecule has 0 atom stereocenters. The smallest absolute Gasteiger partial charge is 0.106 e. The summed E-state index contributed by atoms with van der Waals surface area (Å²) in [5.74, 6) is 1.16. The Morgan fingerprint density at radius 2 is 2.26 bits per heavy atom. The molecule has 0 bridgehead atoms. The van der Waals surface area contributed by atoms with Crippen molar-refractivity contribution in [2.24, 2.45) is 0 Å². The highest BCUT2D eigenvalue weighted by atomic mass is 16.3. The largest absolute Gasteiger partial charge is 0.472 e. The second-order valence-electron chi connectivity index (χ2n) is 5.22. The molecule has 1 N–H and O–H groups in total. The van der Waals surface area contributed by atoms with Crippen LogP contribution in [-0.4, -0.2) is 16.1 Å². The van der Waals surface area contributed by atoms with Crippen LogP contribution in [0.25, 0.3) is 0 Å². The van der Waals surface area contributed by atoms with Crippen molar-refractivity contribution in [3.63, 3.8) is 0 Å². The molecule has 2 aromatic rings. The maximum atomic E-state index is 5.06. The number of rotatable bonds is 5. The molecule has 1 aliphatic rings. The lowest BCUT2D eigenvalue weighted by atomic mass is 10.0. The molecule has 0 amide bonds. The predicted octanol–water partition coefficient (Wildman–Crippen LogP) is 2.45. The van der Waals surface area contributed by atoms with Crippen molar-refractivity contribution in [2.45, 2.75) is 45.7 Å². The average Bonchev–Trinajstić information content (AvgIpc) is 3.02. The van der Waals surface area contributed by atoms with Gasteiger partial charge in [-0.3, -0.25) is 0 Å². The second-order valence-corrected chi connectivity index (χ2v) is 5.22. The van der Waals surface area contributed by atoms with Gasteiger partial charge < -0.3 is 14.3 Å². The molecule has 0 fully saturated rings. The van der Waals surface area contributed by atoms with E-state index in [-0.39, 0.29) is 0 Å². The molecule has 0 unspecified atom stereocenters. The molecule has 4 nitrogen and oxygen atoms in total. The van der Waals surface area contributed by atoms with E-state index in [1.807, 2.05) is 6.07 Å². The van der Waals surface area contributed by atoms with Gasteiger partial charge in [-0.05, 0) is 38.7 Å². The minimum absolute atomic E-state index is 0.867.